The molecule has 2 N–H and O–H groups in total. The van der Waals surface area contributed by atoms with Crippen LogP contribution < -0.4 is 4.72 Å². The average Bonchev–Trinajstić information content (AvgIpc) is 2.98. The first-order chi connectivity index (χ1) is 9.97. The summed E-state index contributed by atoms with van der Waals surface area (Å²) < 4.78 is 27.3. The zero-order valence-electron chi connectivity index (χ0n) is 11.2. The number of nitrogens with zero attached hydrogens (tertiary/aromatic N) is 2. The molecule has 6 nitrogen and oxygen atoms in total. The van der Waals surface area contributed by atoms with E-state index in [1.54, 1.807) is 12.4 Å². The number of rotatable bonds is 5. The number of benzene rings is 1. The summed E-state index contributed by atoms with van der Waals surface area (Å²) in [7, 11) is -3.80. The Morgan fingerprint density at radius 2 is 2.29 bits per heavy atom. The van der Waals surface area contributed by atoms with Gasteiger partial charge in [-0.1, -0.05) is 18.5 Å². The monoisotopic (exact) mass is 324 g/mol. The van der Waals surface area contributed by atoms with Gasteiger partial charge in [-0.2, -0.15) is 5.26 Å². The lowest BCUT2D eigenvalue weighted by Gasteiger charge is -2.15. The van der Waals surface area contributed by atoms with E-state index in [0.29, 0.717) is 17.8 Å². The molecule has 0 saturated carbocycles. The number of nitrogens with one attached hydrogen (secondary N) is 2. The molecular weight excluding hydrogens is 312 g/mol. The molecule has 0 radical (unpaired) electrons. The van der Waals surface area contributed by atoms with E-state index in [2.05, 4.69) is 14.7 Å². The summed E-state index contributed by atoms with van der Waals surface area (Å²) >= 11 is 5.95. The smallest absolute Gasteiger partial charge is 0.242 e. The summed E-state index contributed by atoms with van der Waals surface area (Å²) in [6.45, 7) is 1.84. The first-order valence-corrected chi connectivity index (χ1v) is 8.05. The van der Waals surface area contributed by atoms with Crippen LogP contribution in [-0.2, 0) is 10.0 Å². The molecule has 0 aliphatic rings. The maximum Gasteiger partial charge on any atom is 0.242 e. The number of nitriles is 1. The summed E-state index contributed by atoms with van der Waals surface area (Å²) in [5.41, 5.74) is 0.303. The summed E-state index contributed by atoms with van der Waals surface area (Å²) in [4.78, 5) is 6.88. The molecule has 1 aromatic carbocycles. The molecule has 2 aromatic rings. The largest absolute Gasteiger partial charge is 0.347 e. The minimum Gasteiger partial charge on any atom is -0.347 e. The van der Waals surface area contributed by atoms with Crippen molar-refractivity contribution in [2.45, 2.75) is 24.3 Å². The van der Waals surface area contributed by atoms with Gasteiger partial charge in [0, 0.05) is 12.4 Å². The number of hydrogen-bond donors (Lipinski definition) is 2. The van der Waals surface area contributed by atoms with Crippen molar-refractivity contribution in [3.8, 4) is 6.07 Å². The maximum absolute atomic E-state index is 12.4. The van der Waals surface area contributed by atoms with Crippen LogP contribution in [0.25, 0.3) is 0 Å². The molecule has 110 valence electrons. The lowest BCUT2D eigenvalue weighted by molar-refractivity contribution is 0.539. The molecule has 0 spiro atoms. The van der Waals surface area contributed by atoms with Crippen LogP contribution in [0.4, 0.5) is 0 Å². The number of imidazole rings is 1. The van der Waals surface area contributed by atoms with Gasteiger partial charge in [-0.25, -0.2) is 18.1 Å². The second-order valence-corrected chi connectivity index (χ2v) is 6.40. The standard InChI is InChI=1S/C13H13ClN4O2S/c1-2-11(13-16-5-6-17-13)18-21(19,20)12-4-3-9(8-15)7-10(12)14/h3-7,11,18H,2H2,1H3,(H,16,17). The molecule has 2 rings (SSSR count). The van der Waals surface area contributed by atoms with Gasteiger partial charge in [0.25, 0.3) is 0 Å². The third kappa shape index (κ3) is 3.42. The molecule has 0 amide bonds. The van der Waals surface area contributed by atoms with Crippen LogP contribution in [0, 0.1) is 11.3 Å². The van der Waals surface area contributed by atoms with Gasteiger partial charge >= 0.3 is 0 Å². The van der Waals surface area contributed by atoms with Crippen LogP contribution >= 0.6 is 11.6 Å². The van der Waals surface area contributed by atoms with Crippen LogP contribution in [-0.4, -0.2) is 18.4 Å². The fourth-order valence-corrected chi connectivity index (χ4v) is 3.67. The van der Waals surface area contributed by atoms with Gasteiger partial charge in [0.1, 0.15) is 10.7 Å². The van der Waals surface area contributed by atoms with Crippen molar-refractivity contribution in [3.63, 3.8) is 0 Å². The number of hydrogen-bond acceptors (Lipinski definition) is 4. The van der Waals surface area contributed by atoms with Gasteiger partial charge in [-0.05, 0) is 24.6 Å². The number of H-pyrrole nitrogens is 1. The Labute approximate surface area is 127 Å². The van der Waals surface area contributed by atoms with Crippen molar-refractivity contribution in [1.29, 1.82) is 5.26 Å². The summed E-state index contributed by atoms with van der Waals surface area (Å²) in [5, 5.41) is 8.79. The molecule has 1 aromatic heterocycles. The van der Waals surface area contributed by atoms with E-state index in [0.717, 1.165) is 0 Å². The van der Waals surface area contributed by atoms with E-state index in [1.165, 1.54) is 18.2 Å². The fourth-order valence-electron chi connectivity index (χ4n) is 1.84. The van der Waals surface area contributed by atoms with Gasteiger partial charge in [0.05, 0.1) is 22.7 Å². The molecule has 0 aliphatic carbocycles. The Hall–Kier alpha value is -1.88. The molecule has 8 heteroatoms. The van der Waals surface area contributed by atoms with E-state index in [-0.39, 0.29) is 9.92 Å². The molecule has 1 heterocycles. The molecule has 1 atom stereocenters. The van der Waals surface area contributed by atoms with Crippen molar-refractivity contribution >= 4 is 21.6 Å². The number of aromatic nitrogens is 2. The van der Waals surface area contributed by atoms with Gasteiger partial charge in [-0.3, -0.25) is 0 Å². The normalized spacial score (nSPS) is 12.8. The number of aromatic amines is 1. The van der Waals surface area contributed by atoms with Gasteiger partial charge in [0.15, 0.2) is 0 Å². The van der Waals surface area contributed by atoms with E-state index in [4.69, 9.17) is 16.9 Å². The second-order valence-electron chi connectivity index (χ2n) is 4.31. The quantitative estimate of drug-likeness (QED) is 0.882. The Morgan fingerprint density at radius 1 is 1.52 bits per heavy atom. The summed E-state index contributed by atoms with van der Waals surface area (Å²) in [6, 6.07) is 5.48. The average molecular weight is 325 g/mol. The first-order valence-electron chi connectivity index (χ1n) is 6.19. The second kappa shape index (κ2) is 6.26. The lowest BCUT2D eigenvalue weighted by Crippen LogP contribution is -2.29. The SMILES string of the molecule is CCC(NS(=O)(=O)c1ccc(C#N)cc1Cl)c1ncc[nH]1. The molecule has 0 bridgehead atoms. The van der Waals surface area contributed by atoms with E-state index >= 15 is 0 Å². The van der Waals surface area contributed by atoms with Crippen LogP contribution in [0.15, 0.2) is 35.5 Å². The van der Waals surface area contributed by atoms with Gasteiger partial charge in [-0.15, -0.1) is 0 Å². The van der Waals surface area contributed by atoms with Crippen LogP contribution in [0.2, 0.25) is 5.02 Å². The minimum atomic E-state index is -3.80. The highest BCUT2D eigenvalue weighted by molar-refractivity contribution is 7.89. The topological polar surface area (TPSA) is 98.6 Å². The van der Waals surface area contributed by atoms with Crippen LogP contribution in [0.3, 0.4) is 0 Å². The first kappa shape index (κ1) is 15.5. The highest BCUT2D eigenvalue weighted by Gasteiger charge is 2.24. The van der Waals surface area contributed by atoms with Crippen molar-refractivity contribution < 1.29 is 8.42 Å². The minimum absolute atomic E-state index is 0.0100. The van der Waals surface area contributed by atoms with E-state index < -0.39 is 16.1 Å². The van der Waals surface area contributed by atoms with Crippen LogP contribution in [0.1, 0.15) is 30.8 Å². The molecule has 21 heavy (non-hydrogen) atoms. The Balaban J connectivity index is 2.32. The third-order valence-corrected chi connectivity index (χ3v) is 4.86. The Kier molecular flexibility index (Phi) is 4.63. The van der Waals surface area contributed by atoms with Crippen molar-refractivity contribution in [2.75, 3.05) is 0 Å². The van der Waals surface area contributed by atoms with Crippen molar-refractivity contribution in [1.82, 2.24) is 14.7 Å². The summed E-state index contributed by atoms with van der Waals surface area (Å²) in [6.07, 6.45) is 3.71. The predicted molar refractivity (Wildman–Crippen MR) is 78.1 cm³/mol. The maximum atomic E-state index is 12.4. The highest BCUT2D eigenvalue weighted by atomic mass is 35.5. The molecule has 0 saturated heterocycles. The van der Waals surface area contributed by atoms with Gasteiger partial charge < -0.3 is 4.98 Å². The Bertz CT molecular complexity index is 766. The van der Waals surface area contributed by atoms with E-state index in [1.807, 2.05) is 13.0 Å². The van der Waals surface area contributed by atoms with Crippen molar-refractivity contribution in [3.05, 3.63) is 47.0 Å². The zero-order chi connectivity index (χ0) is 15.5. The highest BCUT2D eigenvalue weighted by Crippen LogP contribution is 2.24. The fraction of sp³-hybridized carbons (Fsp3) is 0.231. The van der Waals surface area contributed by atoms with Crippen molar-refractivity contribution in [2.24, 2.45) is 0 Å². The molecule has 0 fully saturated rings. The molecular formula is C13H13ClN4O2S. The lowest BCUT2D eigenvalue weighted by atomic mass is 10.2. The number of halogens is 1. The summed E-state index contributed by atoms with van der Waals surface area (Å²) in [5.74, 6) is 0.533. The van der Waals surface area contributed by atoms with E-state index in [9.17, 15) is 8.42 Å². The predicted octanol–water partition coefficient (Wildman–Crippen LogP) is 2.36. The third-order valence-electron chi connectivity index (χ3n) is 2.91. The van der Waals surface area contributed by atoms with Crippen LogP contribution in [0.5, 0.6) is 0 Å². The molecule has 0 aliphatic heterocycles. The van der Waals surface area contributed by atoms with Gasteiger partial charge in [0.2, 0.25) is 10.0 Å². The molecule has 1 unspecified atom stereocenters. The zero-order valence-corrected chi connectivity index (χ0v) is 12.7. The Morgan fingerprint density at radius 3 is 2.81 bits per heavy atom. The number of sulfonamides is 1.